The number of aryl methyl sites for hydroxylation is 1. The van der Waals surface area contributed by atoms with Crippen LogP contribution >= 0.6 is 11.3 Å². The van der Waals surface area contributed by atoms with Crippen LogP contribution in [0.15, 0.2) is 48.0 Å². The molecule has 1 amide bonds. The summed E-state index contributed by atoms with van der Waals surface area (Å²) in [5, 5.41) is 14.0. The number of nitrogens with zero attached hydrogens (tertiary/aromatic N) is 3. The van der Waals surface area contributed by atoms with E-state index in [1.54, 1.807) is 29.9 Å². The highest BCUT2D eigenvalue weighted by molar-refractivity contribution is 7.14. The van der Waals surface area contributed by atoms with Gasteiger partial charge in [-0.2, -0.15) is 13.2 Å². The lowest BCUT2D eigenvalue weighted by Crippen LogP contribution is -2.18. The molecule has 3 heterocycles. The average molecular weight is 433 g/mol. The number of benzene rings is 1. The summed E-state index contributed by atoms with van der Waals surface area (Å²) in [7, 11) is 0. The van der Waals surface area contributed by atoms with Crippen LogP contribution < -0.4 is 10.8 Å². The molecule has 11 heteroatoms. The van der Waals surface area contributed by atoms with E-state index in [1.807, 2.05) is 0 Å². The summed E-state index contributed by atoms with van der Waals surface area (Å²) in [5.41, 5.74) is 2.92. The maximum atomic E-state index is 13.3. The topological polar surface area (TPSA) is 91.5 Å². The zero-order valence-corrected chi connectivity index (χ0v) is 16.2. The molecular weight excluding hydrogens is 419 g/mol. The Labute approximate surface area is 171 Å². The molecule has 3 N–H and O–H groups in total. The van der Waals surface area contributed by atoms with Crippen molar-refractivity contribution in [1.29, 1.82) is 0 Å². The zero-order valence-electron chi connectivity index (χ0n) is 15.4. The van der Waals surface area contributed by atoms with Gasteiger partial charge in [0.2, 0.25) is 0 Å². The van der Waals surface area contributed by atoms with E-state index in [-0.39, 0.29) is 11.2 Å². The second-order valence-electron chi connectivity index (χ2n) is 6.34. The van der Waals surface area contributed by atoms with E-state index in [0.29, 0.717) is 27.9 Å². The lowest BCUT2D eigenvalue weighted by atomic mass is 10.2. The summed E-state index contributed by atoms with van der Waals surface area (Å²) in [5.74, 6) is -0.626. The van der Waals surface area contributed by atoms with Gasteiger partial charge in [-0.25, -0.2) is 15.4 Å². The van der Waals surface area contributed by atoms with E-state index in [0.717, 1.165) is 6.07 Å². The first-order valence-corrected chi connectivity index (χ1v) is 9.48. The van der Waals surface area contributed by atoms with Crippen molar-refractivity contribution in [1.82, 2.24) is 19.8 Å². The number of pyridine rings is 1. The van der Waals surface area contributed by atoms with E-state index < -0.39 is 17.6 Å². The highest BCUT2D eigenvalue weighted by atomic mass is 32.1. The van der Waals surface area contributed by atoms with Crippen molar-refractivity contribution in [2.75, 3.05) is 5.32 Å². The number of fused-ring (bicyclic) bond motifs is 1. The molecule has 1 aromatic carbocycles. The highest BCUT2D eigenvalue weighted by Crippen LogP contribution is 2.35. The van der Waals surface area contributed by atoms with E-state index in [1.165, 1.54) is 40.1 Å². The van der Waals surface area contributed by atoms with Crippen LogP contribution in [0.25, 0.3) is 17.0 Å². The van der Waals surface area contributed by atoms with Gasteiger partial charge in [0.15, 0.2) is 5.13 Å². The Hall–Kier alpha value is -3.44. The summed E-state index contributed by atoms with van der Waals surface area (Å²) < 4.78 is 41.3. The molecule has 0 bridgehead atoms. The van der Waals surface area contributed by atoms with Gasteiger partial charge in [0, 0.05) is 22.8 Å². The highest BCUT2D eigenvalue weighted by Gasteiger charge is 2.34. The molecule has 0 atom stereocenters. The standard InChI is InChI=1S/C19H14F3N5O2S/c1-10-15(27-8-2-3-13(16(27)23-10)19(20,21)22)14-9-30-18(25-14)24-12-6-4-11(5-7-12)17(28)26-29/h2-9,29H,1H3,(H,24,25)(H,26,28). The first-order valence-electron chi connectivity index (χ1n) is 8.60. The summed E-state index contributed by atoms with van der Waals surface area (Å²) in [4.78, 5) is 20.0. The number of alkyl halides is 3. The number of carbonyl (C=O) groups is 1. The van der Waals surface area contributed by atoms with Gasteiger partial charge in [-0.3, -0.25) is 14.4 Å². The first-order chi connectivity index (χ1) is 14.3. The molecule has 0 radical (unpaired) electrons. The lowest BCUT2D eigenvalue weighted by molar-refractivity contribution is -0.136. The Kier molecular flexibility index (Phi) is 4.92. The molecule has 154 valence electrons. The third-order valence-electron chi connectivity index (χ3n) is 4.38. The van der Waals surface area contributed by atoms with Crippen LogP contribution in [0.2, 0.25) is 0 Å². The van der Waals surface area contributed by atoms with Gasteiger partial charge in [0.25, 0.3) is 5.91 Å². The fourth-order valence-corrected chi connectivity index (χ4v) is 3.76. The summed E-state index contributed by atoms with van der Waals surface area (Å²) in [6.45, 7) is 1.64. The number of hydrogen-bond donors (Lipinski definition) is 3. The molecule has 0 aliphatic heterocycles. The Morgan fingerprint density at radius 2 is 1.90 bits per heavy atom. The number of anilines is 2. The van der Waals surface area contributed by atoms with Gasteiger partial charge in [0.05, 0.1) is 17.0 Å². The molecule has 0 aliphatic carbocycles. The predicted molar refractivity (Wildman–Crippen MR) is 105 cm³/mol. The van der Waals surface area contributed by atoms with Gasteiger partial charge < -0.3 is 5.32 Å². The van der Waals surface area contributed by atoms with Crippen LogP contribution in [-0.4, -0.2) is 25.5 Å². The summed E-state index contributed by atoms with van der Waals surface area (Å²) in [6, 6.07) is 8.66. The van der Waals surface area contributed by atoms with E-state index in [2.05, 4.69) is 15.3 Å². The van der Waals surface area contributed by atoms with Crippen molar-refractivity contribution in [3.05, 3.63) is 64.8 Å². The Morgan fingerprint density at radius 1 is 1.17 bits per heavy atom. The number of carbonyl (C=O) groups excluding carboxylic acids is 1. The Bertz CT molecular complexity index is 1230. The van der Waals surface area contributed by atoms with Crippen LogP contribution in [0.1, 0.15) is 21.6 Å². The van der Waals surface area contributed by atoms with Crippen LogP contribution in [0.5, 0.6) is 0 Å². The SMILES string of the molecule is Cc1nc2c(C(F)(F)F)cccn2c1-c1csc(Nc2ccc(C(=O)NO)cc2)n1. The largest absolute Gasteiger partial charge is 0.419 e. The number of rotatable bonds is 4. The normalized spacial score (nSPS) is 11.6. The number of hydrogen-bond acceptors (Lipinski definition) is 6. The Balaban J connectivity index is 1.65. The predicted octanol–water partition coefficient (Wildman–Crippen LogP) is 4.65. The first kappa shape index (κ1) is 19.9. The Morgan fingerprint density at radius 3 is 2.57 bits per heavy atom. The van der Waals surface area contributed by atoms with Gasteiger partial charge in [0.1, 0.15) is 11.3 Å². The number of imidazole rings is 1. The minimum atomic E-state index is -4.51. The molecule has 0 aliphatic rings. The molecule has 7 nitrogen and oxygen atoms in total. The zero-order chi connectivity index (χ0) is 21.5. The second kappa shape index (κ2) is 7.43. The van der Waals surface area contributed by atoms with Gasteiger partial charge in [-0.1, -0.05) is 0 Å². The number of aromatic nitrogens is 3. The maximum absolute atomic E-state index is 13.3. The summed E-state index contributed by atoms with van der Waals surface area (Å²) >= 11 is 1.28. The summed E-state index contributed by atoms with van der Waals surface area (Å²) in [6.07, 6.45) is -2.98. The fraction of sp³-hybridized carbons (Fsp3) is 0.105. The molecule has 0 spiro atoms. The average Bonchev–Trinajstić information content (AvgIpc) is 3.29. The number of amides is 1. The number of halogens is 3. The molecule has 3 aromatic heterocycles. The van der Waals surface area contributed by atoms with E-state index in [4.69, 9.17) is 5.21 Å². The lowest BCUT2D eigenvalue weighted by Gasteiger charge is -2.08. The number of thiazole rings is 1. The third-order valence-corrected chi connectivity index (χ3v) is 5.13. The minimum Gasteiger partial charge on any atom is -0.332 e. The minimum absolute atomic E-state index is 0.169. The van der Waals surface area contributed by atoms with Crippen LogP contribution in [-0.2, 0) is 6.18 Å². The maximum Gasteiger partial charge on any atom is 0.419 e. The van der Waals surface area contributed by atoms with E-state index in [9.17, 15) is 18.0 Å². The van der Waals surface area contributed by atoms with Crippen molar-refractivity contribution in [2.45, 2.75) is 13.1 Å². The molecule has 0 fully saturated rings. The molecular formula is C19H14F3N5O2S. The number of hydroxylamine groups is 1. The van der Waals surface area contributed by atoms with E-state index >= 15 is 0 Å². The van der Waals surface area contributed by atoms with Crippen LogP contribution in [0, 0.1) is 6.92 Å². The number of nitrogens with one attached hydrogen (secondary N) is 2. The third kappa shape index (κ3) is 3.60. The molecule has 0 saturated carbocycles. The van der Waals surface area contributed by atoms with Crippen LogP contribution in [0.3, 0.4) is 0 Å². The van der Waals surface area contributed by atoms with Crippen molar-refractivity contribution < 1.29 is 23.2 Å². The van der Waals surface area contributed by atoms with Crippen molar-refractivity contribution >= 4 is 33.7 Å². The second-order valence-corrected chi connectivity index (χ2v) is 7.20. The van der Waals surface area contributed by atoms with Crippen molar-refractivity contribution in [3.63, 3.8) is 0 Å². The van der Waals surface area contributed by atoms with Gasteiger partial charge in [-0.05, 0) is 43.3 Å². The molecule has 30 heavy (non-hydrogen) atoms. The molecule has 0 saturated heterocycles. The quantitative estimate of drug-likeness (QED) is 0.322. The monoisotopic (exact) mass is 433 g/mol. The van der Waals surface area contributed by atoms with Crippen molar-refractivity contribution in [3.8, 4) is 11.4 Å². The smallest absolute Gasteiger partial charge is 0.332 e. The van der Waals surface area contributed by atoms with Gasteiger partial charge in [-0.15, -0.1) is 11.3 Å². The molecule has 0 unspecified atom stereocenters. The van der Waals surface area contributed by atoms with Gasteiger partial charge >= 0.3 is 6.18 Å². The molecule has 4 aromatic rings. The van der Waals surface area contributed by atoms with Crippen LogP contribution in [0.4, 0.5) is 24.0 Å². The molecule has 4 rings (SSSR count). The van der Waals surface area contributed by atoms with Crippen molar-refractivity contribution in [2.24, 2.45) is 0 Å². The fourth-order valence-electron chi connectivity index (χ4n) is 3.04.